The van der Waals surface area contributed by atoms with Crippen LogP contribution in [0.25, 0.3) is 0 Å². The van der Waals surface area contributed by atoms with Crippen LogP contribution < -0.4 is 5.32 Å². The summed E-state index contributed by atoms with van der Waals surface area (Å²) in [5.74, 6) is 2.42. The van der Waals surface area contributed by atoms with Gasteiger partial charge in [-0.3, -0.25) is 4.79 Å². The molecule has 1 saturated heterocycles. The molecule has 2 aliphatic carbocycles. The number of fused-ring (bicyclic) bond motifs is 1. The van der Waals surface area contributed by atoms with Crippen LogP contribution in [0.2, 0.25) is 0 Å². The van der Waals surface area contributed by atoms with Gasteiger partial charge in [-0.15, -0.1) is 0 Å². The van der Waals surface area contributed by atoms with E-state index in [4.69, 9.17) is 4.74 Å². The number of carbonyl (C=O) groups excluding carboxylic acids is 1. The average molecular weight is 223 g/mol. The van der Waals surface area contributed by atoms with Gasteiger partial charge in [0.2, 0.25) is 5.91 Å². The summed E-state index contributed by atoms with van der Waals surface area (Å²) < 4.78 is 5.49. The number of nitrogens with one attached hydrogen (secondary N) is 1. The lowest BCUT2D eigenvalue weighted by Crippen LogP contribution is -2.43. The molecule has 3 fully saturated rings. The van der Waals surface area contributed by atoms with Gasteiger partial charge < -0.3 is 10.1 Å². The molecule has 1 aliphatic heterocycles. The topological polar surface area (TPSA) is 38.3 Å². The Balaban J connectivity index is 1.48. The number of carbonyl (C=O) groups is 1. The lowest BCUT2D eigenvalue weighted by molar-refractivity contribution is -0.126. The Hall–Kier alpha value is -0.570. The molecule has 0 spiro atoms. The maximum absolute atomic E-state index is 12.0. The van der Waals surface area contributed by atoms with Crippen molar-refractivity contribution in [1.82, 2.24) is 5.32 Å². The summed E-state index contributed by atoms with van der Waals surface area (Å²) in [7, 11) is 0. The van der Waals surface area contributed by atoms with E-state index in [1.165, 1.54) is 6.42 Å². The Morgan fingerprint density at radius 1 is 1.19 bits per heavy atom. The molecule has 2 saturated carbocycles. The molecule has 0 aromatic heterocycles. The van der Waals surface area contributed by atoms with Gasteiger partial charge in [0, 0.05) is 18.6 Å². The molecule has 3 aliphatic rings. The van der Waals surface area contributed by atoms with E-state index in [1.807, 2.05) is 0 Å². The standard InChI is InChI=1S/C13H21NO2/c1-8-4-12(2-3-16-8)14-13(15)11-6-9-5-10(9)7-11/h8-12H,2-7H2,1H3,(H,14,15). The van der Waals surface area contributed by atoms with E-state index in [-0.39, 0.29) is 0 Å². The van der Waals surface area contributed by atoms with E-state index < -0.39 is 0 Å². The van der Waals surface area contributed by atoms with Crippen molar-refractivity contribution in [3.63, 3.8) is 0 Å². The van der Waals surface area contributed by atoms with Crippen LogP contribution in [0.5, 0.6) is 0 Å². The molecule has 1 amide bonds. The van der Waals surface area contributed by atoms with E-state index in [0.29, 0.717) is 24.0 Å². The van der Waals surface area contributed by atoms with Crippen molar-refractivity contribution < 1.29 is 9.53 Å². The van der Waals surface area contributed by atoms with Gasteiger partial charge in [0.05, 0.1) is 6.10 Å². The first kappa shape index (κ1) is 10.6. The lowest BCUT2D eigenvalue weighted by Gasteiger charge is -2.29. The number of rotatable bonds is 2. The first-order valence-corrected chi connectivity index (χ1v) is 6.64. The van der Waals surface area contributed by atoms with Gasteiger partial charge >= 0.3 is 0 Å². The van der Waals surface area contributed by atoms with Crippen molar-refractivity contribution in [3.8, 4) is 0 Å². The summed E-state index contributed by atoms with van der Waals surface area (Å²) in [6.45, 7) is 2.88. The number of hydrogen-bond acceptors (Lipinski definition) is 2. The van der Waals surface area contributed by atoms with E-state index in [2.05, 4.69) is 12.2 Å². The first-order valence-electron chi connectivity index (χ1n) is 6.64. The summed E-state index contributed by atoms with van der Waals surface area (Å²) >= 11 is 0. The third-order valence-corrected chi connectivity index (χ3v) is 4.45. The predicted octanol–water partition coefficient (Wildman–Crippen LogP) is 1.72. The fraction of sp³-hybridized carbons (Fsp3) is 0.923. The molecule has 1 heterocycles. The summed E-state index contributed by atoms with van der Waals surface area (Å²) in [6, 6.07) is 0.355. The van der Waals surface area contributed by atoms with Gasteiger partial charge in [-0.25, -0.2) is 0 Å². The molecule has 1 N–H and O–H groups in total. The molecule has 90 valence electrons. The van der Waals surface area contributed by atoms with Crippen LogP contribution in [0.15, 0.2) is 0 Å². The molecular formula is C13H21NO2. The maximum Gasteiger partial charge on any atom is 0.223 e. The SMILES string of the molecule is CC1CC(NC(=O)C2CC3CC3C2)CCO1. The average Bonchev–Trinajstić information content (AvgIpc) is 2.86. The Bertz CT molecular complexity index is 282. The number of ether oxygens (including phenoxy) is 1. The molecule has 4 unspecified atom stereocenters. The quantitative estimate of drug-likeness (QED) is 0.774. The molecule has 3 rings (SSSR count). The fourth-order valence-corrected chi connectivity index (χ4v) is 3.38. The molecule has 0 aromatic rings. The monoisotopic (exact) mass is 223 g/mol. The molecule has 3 heteroatoms. The van der Waals surface area contributed by atoms with E-state index in [1.54, 1.807) is 0 Å². The largest absolute Gasteiger partial charge is 0.378 e. The zero-order chi connectivity index (χ0) is 11.1. The van der Waals surface area contributed by atoms with Crippen LogP contribution >= 0.6 is 0 Å². The second-order valence-electron chi connectivity index (χ2n) is 5.84. The Labute approximate surface area is 96.9 Å². The third-order valence-electron chi connectivity index (χ3n) is 4.45. The predicted molar refractivity (Wildman–Crippen MR) is 60.9 cm³/mol. The molecule has 3 nitrogen and oxygen atoms in total. The minimum Gasteiger partial charge on any atom is -0.378 e. The van der Waals surface area contributed by atoms with Crippen LogP contribution in [0.4, 0.5) is 0 Å². The summed E-state index contributed by atoms with van der Waals surface area (Å²) in [5, 5.41) is 3.21. The third kappa shape index (κ3) is 2.10. The van der Waals surface area contributed by atoms with Crippen molar-refractivity contribution in [2.24, 2.45) is 17.8 Å². The minimum absolute atomic E-state index is 0.302. The van der Waals surface area contributed by atoms with Crippen LogP contribution in [-0.2, 0) is 9.53 Å². The first-order chi connectivity index (χ1) is 7.72. The molecule has 0 aromatic carbocycles. The highest BCUT2D eigenvalue weighted by Crippen LogP contribution is 2.54. The minimum atomic E-state index is 0.302. The van der Waals surface area contributed by atoms with Crippen molar-refractivity contribution in [2.75, 3.05) is 6.61 Å². The Kier molecular flexibility index (Phi) is 2.66. The summed E-state index contributed by atoms with van der Waals surface area (Å²) in [5.41, 5.74) is 0. The van der Waals surface area contributed by atoms with Crippen molar-refractivity contribution in [2.45, 2.75) is 51.2 Å². The van der Waals surface area contributed by atoms with Crippen LogP contribution in [-0.4, -0.2) is 24.7 Å². The lowest BCUT2D eigenvalue weighted by atomic mass is 9.99. The van der Waals surface area contributed by atoms with Crippen LogP contribution in [0.1, 0.15) is 39.0 Å². The maximum atomic E-state index is 12.0. The van der Waals surface area contributed by atoms with Crippen molar-refractivity contribution in [1.29, 1.82) is 0 Å². The highest BCUT2D eigenvalue weighted by Gasteiger charge is 2.48. The van der Waals surface area contributed by atoms with Gasteiger partial charge in [0.1, 0.15) is 0 Å². The van der Waals surface area contributed by atoms with Crippen molar-refractivity contribution >= 4 is 5.91 Å². The van der Waals surface area contributed by atoms with Gasteiger partial charge in [-0.2, -0.15) is 0 Å². The van der Waals surface area contributed by atoms with Gasteiger partial charge in [-0.05, 0) is 50.9 Å². The highest BCUT2D eigenvalue weighted by molar-refractivity contribution is 5.79. The van der Waals surface area contributed by atoms with E-state index in [0.717, 1.165) is 44.1 Å². The highest BCUT2D eigenvalue weighted by atomic mass is 16.5. The molecule has 0 bridgehead atoms. The van der Waals surface area contributed by atoms with Gasteiger partial charge in [0.15, 0.2) is 0 Å². The fourth-order valence-electron chi connectivity index (χ4n) is 3.38. The normalized spacial score (nSPS) is 46.2. The number of hydrogen-bond donors (Lipinski definition) is 1. The van der Waals surface area contributed by atoms with Crippen molar-refractivity contribution in [3.05, 3.63) is 0 Å². The zero-order valence-corrected chi connectivity index (χ0v) is 9.95. The second-order valence-corrected chi connectivity index (χ2v) is 5.84. The molecule has 16 heavy (non-hydrogen) atoms. The Morgan fingerprint density at radius 2 is 1.94 bits per heavy atom. The molecule has 0 radical (unpaired) electrons. The molecule has 4 atom stereocenters. The van der Waals surface area contributed by atoms with Gasteiger partial charge in [-0.1, -0.05) is 0 Å². The van der Waals surface area contributed by atoms with Gasteiger partial charge in [0.25, 0.3) is 0 Å². The Morgan fingerprint density at radius 3 is 2.62 bits per heavy atom. The molecular weight excluding hydrogens is 202 g/mol. The van der Waals surface area contributed by atoms with Crippen LogP contribution in [0.3, 0.4) is 0 Å². The zero-order valence-electron chi connectivity index (χ0n) is 9.95. The number of amides is 1. The smallest absolute Gasteiger partial charge is 0.223 e. The summed E-state index contributed by atoms with van der Waals surface area (Å²) in [6.07, 6.45) is 5.94. The second kappa shape index (κ2) is 4.02. The van der Waals surface area contributed by atoms with E-state index in [9.17, 15) is 4.79 Å². The van der Waals surface area contributed by atoms with Crippen LogP contribution in [0, 0.1) is 17.8 Å². The summed E-state index contributed by atoms with van der Waals surface area (Å²) in [4.78, 5) is 12.0. The van der Waals surface area contributed by atoms with E-state index >= 15 is 0 Å².